The molecule has 0 saturated heterocycles. The summed E-state index contributed by atoms with van der Waals surface area (Å²) in [6.07, 6.45) is 0. The molecular formula is C18H13FN6OS. The maximum absolute atomic E-state index is 13.0. The second kappa shape index (κ2) is 7.42. The monoisotopic (exact) mass is 380 g/mol. The molecule has 0 fully saturated rings. The van der Waals surface area contributed by atoms with E-state index in [2.05, 4.69) is 25.8 Å². The predicted octanol–water partition coefficient (Wildman–Crippen LogP) is 3.24. The van der Waals surface area contributed by atoms with Crippen molar-refractivity contribution in [2.45, 2.75) is 6.54 Å². The van der Waals surface area contributed by atoms with Crippen molar-refractivity contribution in [3.8, 4) is 22.6 Å². The predicted molar refractivity (Wildman–Crippen MR) is 99.4 cm³/mol. The van der Waals surface area contributed by atoms with Gasteiger partial charge in [0, 0.05) is 16.5 Å². The third-order valence-corrected chi connectivity index (χ3v) is 4.51. The van der Waals surface area contributed by atoms with Crippen molar-refractivity contribution in [3.05, 3.63) is 65.8 Å². The summed E-state index contributed by atoms with van der Waals surface area (Å²) in [6, 6.07) is 15.4. The number of rotatable bonds is 5. The second-order valence-corrected chi connectivity index (χ2v) is 6.48. The van der Waals surface area contributed by atoms with E-state index in [4.69, 9.17) is 0 Å². The molecule has 0 aliphatic rings. The van der Waals surface area contributed by atoms with E-state index in [1.807, 2.05) is 30.3 Å². The molecule has 0 saturated carbocycles. The highest BCUT2D eigenvalue weighted by atomic mass is 32.1. The summed E-state index contributed by atoms with van der Waals surface area (Å²) in [5, 5.41) is 16.5. The van der Waals surface area contributed by atoms with Crippen LogP contribution in [0, 0.1) is 5.82 Å². The molecule has 0 unspecified atom stereocenters. The smallest absolute Gasteiger partial charge is 0.248 e. The molecule has 7 nitrogen and oxygen atoms in total. The summed E-state index contributed by atoms with van der Waals surface area (Å²) < 4.78 is 14.5. The van der Waals surface area contributed by atoms with Gasteiger partial charge < -0.3 is 5.32 Å². The highest BCUT2D eigenvalue weighted by Gasteiger charge is 2.14. The zero-order chi connectivity index (χ0) is 18.6. The Labute approximate surface area is 157 Å². The SMILES string of the molecule is O=C(Cn1nnnc1-c1ccccc1)Nc1nc(-c2ccc(F)cc2)cs1. The minimum absolute atomic E-state index is 0.0390. The molecule has 9 heteroatoms. The highest BCUT2D eigenvalue weighted by molar-refractivity contribution is 7.14. The Morgan fingerprint density at radius 1 is 1.07 bits per heavy atom. The topological polar surface area (TPSA) is 85.6 Å². The molecular weight excluding hydrogens is 367 g/mol. The molecule has 0 spiro atoms. The summed E-state index contributed by atoms with van der Waals surface area (Å²) >= 11 is 1.29. The van der Waals surface area contributed by atoms with Crippen molar-refractivity contribution in [3.63, 3.8) is 0 Å². The first-order valence-corrected chi connectivity index (χ1v) is 8.90. The quantitative estimate of drug-likeness (QED) is 0.574. The third-order valence-electron chi connectivity index (χ3n) is 3.75. The highest BCUT2D eigenvalue weighted by Crippen LogP contribution is 2.25. The number of nitrogens with one attached hydrogen (secondary N) is 1. The van der Waals surface area contributed by atoms with Crippen molar-refractivity contribution in [1.29, 1.82) is 0 Å². The minimum atomic E-state index is -0.307. The first-order valence-electron chi connectivity index (χ1n) is 8.02. The van der Waals surface area contributed by atoms with Gasteiger partial charge in [0.1, 0.15) is 12.4 Å². The molecule has 2 aromatic carbocycles. The van der Waals surface area contributed by atoms with E-state index in [0.717, 1.165) is 11.1 Å². The molecule has 1 amide bonds. The molecule has 4 aromatic rings. The van der Waals surface area contributed by atoms with Crippen LogP contribution >= 0.6 is 11.3 Å². The molecule has 0 radical (unpaired) electrons. The van der Waals surface area contributed by atoms with Crippen LogP contribution in [-0.2, 0) is 11.3 Å². The number of halogens is 1. The van der Waals surface area contributed by atoms with Crippen molar-refractivity contribution in [2.75, 3.05) is 5.32 Å². The number of hydrogen-bond acceptors (Lipinski definition) is 6. The average Bonchev–Trinajstić information content (AvgIpc) is 3.33. The number of thiazole rings is 1. The van der Waals surface area contributed by atoms with Crippen LogP contribution in [0.1, 0.15) is 0 Å². The van der Waals surface area contributed by atoms with Crippen LogP contribution in [0.5, 0.6) is 0 Å². The Bertz CT molecular complexity index is 1060. The number of amides is 1. The van der Waals surface area contributed by atoms with Crippen LogP contribution in [0.2, 0.25) is 0 Å². The van der Waals surface area contributed by atoms with Crippen molar-refractivity contribution < 1.29 is 9.18 Å². The van der Waals surface area contributed by atoms with Gasteiger partial charge in [0.15, 0.2) is 11.0 Å². The number of nitrogens with zero attached hydrogens (tertiary/aromatic N) is 5. The van der Waals surface area contributed by atoms with Gasteiger partial charge in [-0.3, -0.25) is 4.79 Å². The molecule has 134 valence electrons. The normalized spacial score (nSPS) is 10.7. The number of carbonyl (C=O) groups is 1. The van der Waals surface area contributed by atoms with Gasteiger partial charge in [-0.15, -0.1) is 16.4 Å². The molecule has 2 heterocycles. The summed E-state index contributed by atoms with van der Waals surface area (Å²) in [5.74, 6) is -0.0884. The van der Waals surface area contributed by atoms with Gasteiger partial charge in [-0.25, -0.2) is 14.1 Å². The van der Waals surface area contributed by atoms with Crippen LogP contribution < -0.4 is 5.32 Å². The van der Waals surface area contributed by atoms with Gasteiger partial charge in [0.2, 0.25) is 5.91 Å². The summed E-state index contributed by atoms with van der Waals surface area (Å²) in [4.78, 5) is 16.7. The third kappa shape index (κ3) is 3.87. The van der Waals surface area contributed by atoms with E-state index in [1.165, 1.54) is 28.2 Å². The Hall–Kier alpha value is -3.46. The fourth-order valence-electron chi connectivity index (χ4n) is 2.48. The van der Waals surface area contributed by atoms with Crippen LogP contribution in [0.3, 0.4) is 0 Å². The zero-order valence-corrected chi connectivity index (χ0v) is 14.7. The van der Waals surface area contributed by atoms with E-state index >= 15 is 0 Å². The first kappa shape index (κ1) is 17.0. The maximum atomic E-state index is 13.0. The van der Waals surface area contributed by atoms with Gasteiger partial charge in [0.25, 0.3) is 0 Å². The molecule has 0 atom stereocenters. The van der Waals surface area contributed by atoms with E-state index in [9.17, 15) is 9.18 Å². The lowest BCUT2D eigenvalue weighted by atomic mass is 10.2. The van der Waals surface area contributed by atoms with Crippen LogP contribution in [0.25, 0.3) is 22.6 Å². The van der Waals surface area contributed by atoms with Crippen molar-refractivity contribution >= 4 is 22.4 Å². The van der Waals surface area contributed by atoms with Crippen molar-refractivity contribution in [2.24, 2.45) is 0 Å². The number of aromatic nitrogens is 5. The summed E-state index contributed by atoms with van der Waals surface area (Å²) in [6.45, 7) is -0.0390. The van der Waals surface area contributed by atoms with Gasteiger partial charge in [-0.2, -0.15) is 0 Å². The van der Waals surface area contributed by atoms with E-state index in [-0.39, 0.29) is 18.3 Å². The van der Waals surface area contributed by atoms with Gasteiger partial charge in [0.05, 0.1) is 5.69 Å². The van der Waals surface area contributed by atoms with Gasteiger partial charge in [-0.1, -0.05) is 30.3 Å². The van der Waals surface area contributed by atoms with Crippen molar-refractivity contribution in [1.82, 2.24) is 25.2 Å². The zero-order valence-electron chi connectivity index (χ0n) is 13.9. The number of hydrogen-bond donors (Lipinski definition) is 1. The van der Waals surface area contributed by atoms with Crippen LogP contribution in [0.4, 0.5) is 9.52 Å². The number of carbonyl (C=O) groups excluding carboxylic acids is 1. The Balaban J connectivity index is 1.45. The minimum Gasteiger partial charge on any atom is -0.300 e. The lowest BCUT2D eigenvalue weighted by Gasteiger charge is -2.04. The number of tetrazole rings is 1. The van der Waals surface area contributed by atoms with E-state index in [1.54, 1.807) is 17.5 Å². The average molecular weight is 380 g/mol. The van der Waals surface area contributed by atoms with Gasteiger partial charge >= 0.3 is 0 Å². The molecule has 0 bridgehead atoms. The fourth-order valence-corrected chi connectivity index (χ4v) is 3.22. The molecule has 1 N–H and O–H groups in total. The molecule has 27 heavy (non-hydrogen) atoms. The molecule has 2 aromatic heterocycles. The Kier molecular flexibility index (Phi) is 4.67. The lowest BCUT2D eigenvalue weighted by molar-refractivity contribution is -0.116. The number of benzene rings is 2. The summed E-state index contributed by atoms with van der Waals surface area (Å²) in [5.41, 5.74) is 2.27. The van der Waals surface area contributed by atoms with Crippen LogP contribution in [0.15, 0.2) is 60.0 Å². The molecule has 4 rings (SSSR count). The lowest BCUT2D eigenvalue weighted by Crippen LogP contribution is -2.20. The Morgan fingerprint density at radius 3 is 2.63 bits per heavy atom. The summed E-state index contributed by atoms with van der Waals surface area (Å²) in [7, 11) is 0. The van der Waals surface area contributed by atoms with Crippen LogP contribution in [-0.4, -0.2) is 31.1 Å². The Morgan fingerprint density at radius 2 is 1.85 bits per heavy atom. The molecule has 0 aliphatic heterocycles. The molecule has 0 aliphatic carbocycles. The standard InChI is InChI=1S/C18H13FN6OS/c19-14-8-6-12(7-9-14)15-11-27-18(20-15)21-16(26)10-25-17(22-23-24-25)13-4-2-1-3-5-13/h1-9,11H,10H2,(H,20,21,26). The maximum Gasteiger partial charge on any atom is 0.248 e. The number of anilines is 1. The first-order chi connectivity index (χ1) is 13.2. The van der Waals surface area contributed by atoms with E-state index < -0.39 is 0 Å². The van der Waals surface area contributed by atoms with E-state index in [0.29, 0.717) is 16.6 Å². The fraction of sp³-hybridized carbons (Fsp3) is 0.0556. The second-order valence-electron chi connectivity index (χ2n) is 5.62. The van der Waals surface area contributed by atoms with Gasteiger partial charge in [-0.05, 0) is 34.7 Å². The largest absolute Gasteiger partial charge is 0.300 e.